The molecule has 0 radical (unpaired) electrons. The van der Waals surface area contributed by atoms with Crippen LogP contribution < -0.4 is 10.6 Å². The van der Waals surface area contributed by atoms with Crippen molar-refractivity contribution in [2.45, 2.75) is 63.6 Å². The van der Waals surface area contributed by atoms with Crippen LogP contribution in [0.4, 0.5) is 5.82 Å². The van der Waals surface area contributed by atoms with Crippen LogP contribution in [0.5, 0.6) is 0 Å². The topological polar surface area (TPSA) is 103 Å². The standard InChI is InChI=1S/C22H32N6O3/c1-15(5-4-9-31-16(2)26-19-7-3-6-17(19)11-29)28-14-25-20-21(23-13-24-22(20)28)27-18-8-10-30-12-18/h11,13-15,17-19,26H,2-10,12H2,1H3,(H,23,24,27)/t15?,17?,18-,19?/m1/s1. The highest BCUT2D eigenvalue weighted by atomic mass is 16.5. The van der Waals surface area contributed by atoms with Crippen molar-refractivity contribution in [3.8, 4) is 0 Å². The number of anilines is 1. The van der Waals surface area contributed by atoms with E-state index in [9.17, 15) is 4.79 Å². The number of aromatic nitrogens is 4. The lowest BCUT2D eigenvalue weighted by Crippen LogP contribution is -2.33. The number of imidazole rings is 1. The molecule has 1 aliphatic heterocycles. The molecule has 2 N–H and O–H groups in total. The summed E-state index contributed by atoms with van der Waals surface area (Å²) in [6.45, 7) is 8.15. The second kappa shape index (κ2) is 10.1. The molecule has 31 heavy (non-hydrogen) atoms. The smallest absolute Gasteiger partial charge is 0.179 e. The van der Waals surface area contributed by atoms with E-state index in [1.54, 1.807) is 6.33 Å². The first-order chi connectivity index (χ1) is 15.2. The summed E-state index contributed by atoms with van der Waals surface area (Å²) >= 11 is 0. The molecule has 1 aliphatic carbocycles. The van der Waals surface area contributed by atoms with Crippen molar-refractivity contribution in [1.29, 1.82) is 0 Å². The van der Waals surface area contributed by atoms with E-state index in [1.807, 2.05) is 6.33 Å². The summed E-state index contributed by atoms with van der Waals surface area (Å²) in [7, 11) is 0. The number of fused-ring (bicyclic) bond motifs is 1. The summed E-state index contributed by atoms with van der Waals surface area (Å²) in [5, 5.41) is 6.69. The van der Waals surface area contributed by atoms with Gasteiger partial charge in [-0.2, -0.15) is 0 Å². The van der Waals surface area contributed by atoms with Crippen LogP contribution in [0.2, 0.25) is 0 Å². The SMILES string of the molecule is C=C(NC1CCCC1C=O)OCCCC(C)n1cnc2c(N[C@@H]3CCOC3)ncnc21. The number of carbonyl (C=O) groups is 1. The molecule has 4 atom stereocenters. The van der Waals surface area contributed by atoms with E-state index in [2.05, 4.69) is 43.7 Å². The van der Waals surface area contributed by atoms with Gasteiger partial charge in [-0.05, 0) is 45.6 Å². The Bertz CT molecular complexity index is 894. The number of hydrogen-bond acceptors (Lipinski definition) is 8. The Morgan fingerprint density at radius 1 is 1.39 bits per heavy atom. The molecule has 0 aromatic carbocycles. The predicted octanol–water partition coefficient (Wildman–Crippen LogP) is 2.81. The number of aldehydes is 1. The van der Waals surface area contributed by atoms with Crippen molar-refractivity contribution < 1.29 is 14.3 Å². The van der Waals surface area contributed by atoms with E-state index in [4.69, 9.17) is 9.47 Å². The number of carbonyl (C=O) groups excluding carboxylic acids is 1. The van der Waals surface area contributed by atoms with Crippen molar-refractivity contribution in [1.82, 2.24) is 24.8 Å². The molecule has 168 valence electrons. The highest BCUT2D eigenvalue weighted by molar-refractivity contribution is 5.82. The fraction of sp³-hybridized carbons (Fsp3) is 0.636. The Kier molecular flexibility index (Phi) is 7.01. The zero-order valence-corrected chi connectivity index (χ0v) is 18.1. The molecule has 2 fully saturated rings. The Morgan fingerprint density at radius 2 is 2.29 bits per heavy atom. The largest absolute Gasteiger partial charge is 0.480 e. The van der Waals surface area contributed by atoms with Crippen molar-refractivity contribution in [3.63, 3.8) is 0 Å². The van der Waals surface area contributed by atoms with Gasteiger partial charge in [-0.1, -0.05) is 6.42 Å². The average Bonchev–Trinajstić information content (AvgIpc) is 3.52. The lowest BCUT2D eigenvalue weighted by molar-refractivity contribution is -0.111. The van der Waals surface area contributed by atoms with Crippen LogP contribution in [-0.4, -0.2) is 57.7 Å². The Morgan fingerprint density at radius 3 is 3.10 bits per heavy atom. The van der Waals surface area contributed by atoms with Crippen LogP contribution in [-0.2, 0) is 14.3 Å². The number of nitrogens with zero attached hydrogens (tertiary/aromatic N) is 4. The van der Waals surface area contributed by atoms with Gasteiger partial charge in [0.25, 0.3) is 0 Å². The number of nitrogens with one attached hydrogen (secondary N) is 2. The number of hydrogen-bond donors (Lipinski definition) is 2. The number of ether oxygens (including phenoxy) is 2. The van der Waals surface area contributed by atoms with E-state index in [-0.39, 0.29) is 24.0 Å². The molecular formula is C22H32N6O3. The second-order valence-electron chi connectivity index (χ2n) is 8.50. The van der Waals surface area contributed by atoms with Crippen molar-refractivity contribution >= 4 is 23.3 Å². The third kappa shape index (κ3) is 5.15. The summed E-state index contributed by atoms with van der Waals surface area (Å²) in [5.41, 5.74) is 1.62. The first-order valence-corrected chi connectivity index (χ1v) is 11.2. The summed E-state index contributed by atoms with van der Waals surface area (Å²) < 4.78 is 13.3. The van der Waals surface area contributed by atoms with Crippen LogP contribution in [0.15, 0.2) is 25.1 Å². The minimum absolute atomic E-state index is 0.0671. The molecule has 9 nitrogen and oxygen atoms in total. The Labute approximate surface area is 182 Å². The first-order valence-electron chi connectivity index (χ1n) is 11.2. The van der Waals surface area contributed by atoms with E-state index >= 15 is 0 Å². The molecule has 2 aromatic rings. The lowest BCUT2D eigenvalue weighted by Gasteiger charge is -2.20. The minimum Gasteiger partial charge on any atom is -0.480 e. The maximum Gasteiger partial charge on any atom is 0.179 e. The molecular weight excluding hydrogens is 396 g/mol. The zero-order chi connectivity index (χ0) is 21.6. The average molecular weight is 429 g/mol. The molecule has 0 spiro atoms. The highest BCUT2D eigenvalue weighted by Crippen LogP contribution is 2.26. The lowest BCUT2D eigenvalue weighted by atomic mass is 10.1. The van der Waals surface area contributed by atoms with Crippen molar-refractivity contribution in [2.24, 2.45) is 5.92 Å². The molecule has 1 saturated heterocycles. The van der Waals surface area contributed by atoms with Crippen LogP contribution in [0.3, 0.4) is 0 Å². The monoisotopic (exact) mass is 428 g/mol. The summed E-state index contributed by atoms with van der Waals surface area (Å²) in [6.07, 6.45) is 10.2. The summed E-state index contributed by atoms with van der Waals surface area (Å²) in [6, 6.07) is 0.645. The molecule has 3 heterocycles. The van der Waals surface area contributed by atoms with E-state index in [0.29, 0.717) is 19.1 Å². The van der Waals surface area contributed by atoms with E-state index < -0.39 is 0 Å². The van der Waals surface area contributed by atoms with Gasteiger partial charge >= 0.3 is 0 Å². The second-order valence-corrected chi connectivity index (χ2v) is 8.50. The van der Waals surface area contributed by atoms with Gasteiger partial charge in [-0.15, -0.1) is 0 Å². The van der Waals surface area contributed by atoms with Gasteiger partial charge in [-0.3, -0.25) is 0 Å². The van der Waals surface area contributed by atoms with E-state index in [1.165, 1.54) is 0 Å². The fourth-order valence-electron chi connectivity index (χ4n) is 4.41. The van der Waals surface area contributed by atoms with Gasteiger partial charge < -0.3 is 29.5 Å². The van der Waals surface area contributed by atoms with Crippen LogP contribution in [0.1, 0.15) is 51.5 Å². The van der Waals surface area contributed by atoms with Crippen molar-refractivity contribution in [3.05, 3.63) is 25.1 Å². The van der Waals surface area contributed by atoms with Gasteiger partial charge in [0, 0.05) is 24.6 Å². The summed E-state index contributed by atoms with van der Waals surface area (Å²) in [5.74, 6) is 1.38. The minimum atomic E-state index is 0.0671. The number of rotatable bonds is 11. The van der Waals surface area contributed by atoms with Gasteiger partial charge in [0.2, 0.25) is 0 Å². The molecule has 0 bridgehead atoms. The summed E-state index contributed by atoms with van der Waals surface area (Å²) in [4.78, 5) is 24.5. The fourth-order valence-corrected chi connectivity index (χ4v) is 4.41. The van der Waals surface area contributed by atoms with Crippen LogP contribution in [0, 0.1) is 5.92 Å². The third-order valence-corrected chi connectivity index (χ3v) is 6.24. The third-order valence-electron chi connectivity index (χ3n) is 6.24. The maximum absolute atomic E-state index is 11.1. The Hall–Kier alpha value is -2.68. The molecule has 4 rings (SSSR count). The quantitative estimate of drug-likeness (QED) is 0.320. The van der Waals surface area contributed by atoms with Gasteiger partial charge in [0.15, 0.2) is 17.3 Å². The normalized spacial score (nSPS) is 24.2. The molecule has 3 unspecified atom stereocenters. The first kappa shape index (κ1) is 21.5. The van der Waals surface area contributed by atoms with Gasteiger partial charge in [0.05, 0.1) is 25.6 Å². The zero-order valence-electron chi connectivity index (χ0n) is 18.1. The highest BCUT2D eigenvalue weighted by Gasteiger charge is 2.27. The molecule has 0 amide bonds. The molecule has 9 heteroatoms. The van der Waals surface area contributed by atoms with Gasteiger partial charge in [0.1, 0.15) is 18.1 Å². The maximum atomic E-state index is 11.1. The molecule has 2 aromatic heterocycles. The van der Waals surface area contributed by atoms with Crippen LogP contribution in [0.25, 0.3) is 11.2 Å². The Balaban J connectivity index is 1.26. The molecule has 2 aliphatic rings. The molecule has 1 saturated carbocycles. The van der Waals surface area contributed by atoms with E-state index in [0.717, 1.165) is 68.4 Å². The predicted molar refractivity (Wildman–Crippen MR) is 118 cm³/mol. The van der Waals surface area contributed by atoms with Crippen LogP contribution >= 0.6 is 0 Å². The van der Waals surface area contributed by atoms with Gasteiger partial charge in [-0.25, -0.2) is 15.0 Å². The van der Waals surface area contributed by atoms with Crippen molar-refractivity contribution in [2.75, 3.05) is 25.1 Å².